The number of rotatable bonds is 1. The Hall–Kier alpha value is 3.13. The van der Waals surface area contributed by atoms with E-state index in [0.29, 0.717) is 0 Å². The summed E-state index contributed by atoms with van der Waals surface area (Å²) in [4.78, 5) is 0. The molecule has 0 unspecified atom stereocenters. The minimum Gasteiger partial charge on any atom is -1.00 e. The van der Waals surface area contributed by atoms with Gasteiger partial charge in [-0.25, -0.2) is 0 Å². The van der Waals surface area contributed by atoms with E-state index in [0.717, 1.165) is 0 Å². The molecule has 0 aliphatic rings. The van der Waals surface area contributed by atoms with Crippen molar-refractivity contribution in [3.05, 3.63) is 7.57 Å². The Bertz CT molecular complexity index is 59.0. The van der Waals surface area contributed by atoms with Crippen molar-refractivity contribution in [2.24, 2.45) is 0 Å². The number of halogens is 3. The van der Waals surface area contributed by atoms with Crippen LogP contribution in [0, 0.1) is 0 Å². The van der Waals surface area contributed by atoms with E-state index in [1.807, 2.05) is 0 Å². The quantitative estimate of drug-likeness (QED) is 0.195. The molecule has 0 rings (SSSR count). The van der Waals surface area contributed by atoms with Crippen LogP contribution in [0.1, 0.15) is 0 Å². The van der Waals surface area contributed by atoms with E-state index >= 15 is 0 Å². The monoisotopic (exact) mass is 653 g/mol. The van der Waals surface area contributed by atoms with Gasteiger partial charge in [0.15, 0.2) is 0 Å². The molecule has 0 N–H and O–H groups in total. The van der Waals surface area contributed by atoms with Crippen molar-refractivity contribution in [2.75, 3.05) is 0 Å². The molecule has 0 aliphatic carbocycles. The van der Waals surface area contributed by atoms with Crippen LogP contribution >= 0.6 is 0 Å². The van der Waals surface area contributed by atoms with Crippen LogP contribution in [-0.4, -0.2) is 51.7 Å². The van der Waals surface area contributed by atoms with E-state index in [9.17, 15) is 0 Å². The molecule has 0 aromatic carbocycles. The van der Waals surface area contributed by atoms with Gasteiger partial charge >= 0.3 is 85.5 Å². The molecule has 0 fully saturated rings. The summed E-state index contributed by atoms with van der Waals surface area (Å²) in [5, 5.41) is 0. The summed E-state index contributed by atoms with van der Waals surface area (Å²) in [6.45, 7) is 0. The second kappa shape index (κ2) is 30.4. The van der Waals surface area contributed by atoms with Gasteiger partial charge in [-0.1, -0.05) is 0 Å². The maximum Gasteiger partial charge on any atom is 4.00 e. The topological polar surface area (TPSA) is 0 Å². The molecule has 6 heteroatoms. The fraction of sp³-hybridized carbons (Fsp3) is 0. The van der Waals surface area contributed by atoms with Crippen molar-refractivity contribution in [1.82, 2.24) is 0 Å². The molecule has 0 bridgehead atoms. The third-order valence-electron chi connectivity index (χ3n) is 0.161. The van der Waals surface area contributed by atoms with Gasteiger partial charge in [-0.2, -0.15) is 0 Å². The first-order valence-corrected chi connectivity index (χ1v) is 7.40. The van der Waals surface area contributed by atoms with Crippen LogP contribution in [0.2, 0.25) is 0 Å². The SMILES string of the molecule is [CH-]=[Bi][CH]=[CH][BiH].[Cl-].[Cl-].[Cl-].[Zr+4]. The third-order valence-corrected chi connectivity index (χ3v) is 6.49. The third kappa shape index (κ3) is 35.3. The zero-order valence-corrected chi connectivity index (χ0v) is 16.4. The molecule has 0 amide bonds. The van der Waals surface area contributed by atoms with Crippen molar-refractivity contribution >= 4 is 51.7 Å². The van der Waals surface area contributed by atoms with E-state index in [4.69, 9.17) is 4.21 Å². The molecule has 0 spiro atoms. The van der Waals surface area contributed by atoms with E-state index in [1.54, 1.807) is 0 Å². The second-order valence-corrected chi connectivity index (χ2v) is 4.08. The average molecular weight is 656 g/mol. The van der Waals surface area contributed by atoms with Crippen LogP contribution in [0.15, 0.2) is 7.57 Å². The predicted octanol–water partition coefficient (Wildman–Crippen LogP) is -9.62. The maximum absolute atomic E-state index is 5.26. The van der Waals surface area contributed by atoms with Crippen molar-refractivity contribution < 1.29 is 63.4 Å². The van der Waals surface area contributed by atoms with Crippen LogP contribution in [-0.2, 0) is 26.2 Å². The zero-order valence-electron chi connectivity index (χ0n) is 4.31. The van der Waals surface area contributed by atoms with Crippen molar-refractivity contribution in [3.8, 4) is 0 Å². The molecular weight excluding hydrogens is 652 g/mol. The molecule has 0 heterocycles. The Morgan fingerprint density at radius 3 is 1.56 bits per heavy atom. The van der Waals surface area contributed by atoms with E-state index in [2.05, 4.69) is 7.57 Å². The Morgan fingerprint density at radius 1 is 1.22 bits per heavy atom. The Balaban J connectivity index is -0.0000000133. The number of hydrogen-bond donors (Lipinski definition) is 0. The zero-order chi connectivity index (χ0) is 4.12. The van der Waals surface area contributed by atoms with Gasteiger partial charge < -0.3 is 37.2 Å². The molecule has 0 aromatic rings. The molecule has 1 radical (unpaired) electrons. The smallest absolute Gasteiger partial charge is 1.00 e. The minimum absolute atomic E-state index is 0. The largest absolute Gasteiger partial charge is 4.00 e. The summed E-state index contributed by atoms with van der Waals surface area (Å²) in [6.07, 6.45) is 0. The Labute approximate surface area is 120 Å². The minimum atomic E-state index is -0.511. The van der Waals surface area contributed by atoms with Gasteiger partial charge in [0.2, 0.25) is 0 Å². The molecule has 0 nitrogen and oxygen atoms in total. The molecule has 0 saturated carbocycles. The summed E-state index contributed by atoms with van der Waals surface area (Å²) in [6, 6.07) is 0. The second-order valence-electron chi connectivity index (χ2n) is 0.465. The van der Waals surface area contributed by atoms with Gasteiger partial charge in [-0.05, 0) is 0 Å². The van der Waals surface area contributed by atoms with Crippen LogP contribution in [0.3, 0.4) is 0 Å². The van der Waals surface area contributed by atoms with Gasteiger partial charge in [0, 0.05) is 0 Å². The number of hydrogen-bond acceptors (Lipinski definition) is 0. The molecular formula is C3H4Bi2Cl3Zr. The molecule has 0 aromatic heterocycles. The fourth-order valence-corrected chi connectivity index (χ4v) is 3.31. The van der Waals surface area contributed by atoms with Crippen molar-refractivity contribution in [1.29, 1.82) is 0 Å². The molecule has 51 valence electrons. The summed E-state index contributed by atoms with van der Waals surface area (Å²) < 4.78 is 9.55. The maximum atomic E-state index is 5.26. The molecule has 9 heavy (non-hydrogen) atoms. The standard InChI is InChI=1S/C2H2.CH.2Bi.3ClH.Zr.H/c1-2;;;;;;;;/h1-2H;1H;;;3*1H;;/q;-1;;;;;;+4;/p-3. The van der Waals surface area contributed by atoms with E-state index in [-0.39, 0.29) is 63.4 Å². The van der Waals surface area contributed by atoms with Gasteiger partial charge in [-0.3, -0.25) is 0 Å². The average Bonchev–Trinajstić information content (AvgIpc) is 1.41. The Kier molecular flexibility index (Phi) is 99.8. The first-order chi connectivity index (χ1) is 2.41. The van der Waals surface area contributed by atoms with E-state index in [1.165, 1.54) is 24.7 Å². The van der Waals surface area contributed by atoms with Crippen molar-refractivity contribution in [3.63, 3.8) is 0 Å². The van der Waals surface area contributed by atoms with Crippen LogP contribution in [0.5, 0.6) is 0 Å². The first kappa shape index (κ1) is 29.6. The predicted molar refractivity (Wildman–Crippen MR) is 28.1 cm³/mol. The summed E-state index contributed by atoms with van der Waals surface area (Å²) in [5.41, 5.74) is 0. The van der Waals surface area contributed by atoms with Crippen LogP contribution < -0.4 is 37.2 Å². The summed E-state index contributed by atoms with van der Waals surface area (Å²) >= 11 is 0.672. The molecule has 0 aliphatic heterocycles. The van der Waals surface area contributed by atoms with Gasteiger partial charge in [0.1, 0.15) is 0 Å². The fourth-order valence-electron chi connectivity index (χ4n) is 0.0430. The van der Waals surface area contributed by atoms with Gasteiger partial charge in [0.25, 0.3) is 0 Å². The molecule has 0 atom stereocenters. The van der Waals surface area contributed by atoms with Gasteiger partial charge in [-0.15, -0.1) is 0 Å². The first-order valence-electron chi connectivity index (χ1n) is 1.14. The van der Waals surface area contributed by atoms with Crippen LogP contribution in [0.4, 0.5) is 0 Å². The van der Waals surface area contributed by atoms with Crippen LogP contribution in [0.25, 0.3) is 0 Å². The summed E-state index contributed by atoms with van der Waals surface area (Å²) in [7, 11) is 0. The van der Waals surface area contributed by atoms with E-state index < -0.39 is 22.8 Å². The normalized spacial score (nSPS) is 5.00. The van der Waals surface area contributed by atoms with Gasteiger partial charge in [0.05, 0.1) is 0 Å². The molecule has 0 saturated heterocycles. The van der Waals surface area contributed by atoms with Crippen molar-refractivity contribution in [2.45, 2.75) is 0 Å². The summed E-state index contributed by atoms with van der Waals surface area (Å²) in [5.74, 6) is 0. The Morgan fingerprint density at radius 2 is 1.56 bits per heavy atom.